The number of hydrogen-bond acceptors (Lipinski definition) is 3. The van der Waals surface area contributed by atoms with Crippen LogP contribution < -0.4 is 9.47 Å². The smallest absolute Gasteiger partial charge is 0.118 e. The highest BCUT2D eigenvalue weighted by atomic mass is 16.5. The van der Waals surface area contributed by atoms with Crippen LogP contribution >= 0.6 is 0 Å². The minimum atomic E-state index is -0.516. The van der Waals surface area contributed by atoms with Gasteiger partial charge in [-0.3, -0.25) is 0 Å². The van der Waals surface area contributed by atoms with Gasteiger partial charge in [-0.15, -0.1) is 0 Å². The molecule has 130 valence electrons. The Kier molecular flexibility index (Phi) is 5.56. The van der Waals surface area contributed by atoms with Crippen LogP contribution in [0, 0.1) is 0 Å². The van der Waals surface area contributed by atoms with E-state index in [-0.39, 0.29) is 0 Å². The first-order valence-corrected chi connectivity index (χ1v) is 8.56. The number of benzene rings is 2. The Morgan fingerprint density at radius 1 is 0.760 bits per heavy atom. The topological polar surface area (TPSA) is 38.7 Å². The first-order chi connectivity index (χ1) is 12.2. The Hall–Kier alpha value is -2.52. The molecule has 3 nitrogen and oxygen atoms in total. The summed E-state index contributed by atoms with van der Waals surface area (Å²) in [4.78, 5) is 0. The van der Waals surface area contributed by atoms with Gasteiger partial charge in [0.1, 0.15) is 11.5 Å². The molecule has 2 aromatic carbocycles. The monoisotopic (exact) mass is 336 g/mol. The highest BCUT2D eigenvalue weighted by Gasteiger charge is 2.21. The maximum absolute atomic E-state index is 10.8. The van der Waals surface area contributed by atoms with Crippen molar-refractivity contribution >= 4 is 12.2 Å². The molecule has 3 heteroatoms. The fourth-order valence-corrected chi connectivity index (χ4v) is 3.14. The molecule has 0 amide bonds. The van der Waals surface area contributed by atoms with Crippen LogP contribution in [-0.4, -0.2) is 25.4 Å². The van der Waals surface area contributed by atoms with E-state index in [1.54, 1.807) is 14.2 Å². The average Bonchev–Trinajstić information content (AvgIpc) is 2.66. The first-order valence-electron chi connectivity index (χ1n) is 8.56. The molecule has 0 bridgehead atoms. The summed E-state index contributed by atoms with van der Waals surface area (Å²) in [6.07, 6.45) is 6.57. The lowest BCUT2D eigenvalue weighted by molar-refractivity contribution is 0.229. The molecule has 3 rings (SSSR count). The summed E-state index contributed by atoms with van der Waals surface area (Å²) < 4.78 is 10.4. The zero-order valence-corrected chi connectivity index (χ0v) is 14.7. The normalized spacial score (nSPS) is 18.5. The molecular weight excluding hydrogens is 312 g/mol. The van der Waals surface area contributed by atoms with E-state index in [9.17, 15) is 5.11 Å². The lowest BCUT2D eigenvalue weighted by atomic mass is 9.85. The van der Waals surface area contributed by atoms with Crippen molar-refractivity contribution in [3.05, 3.63) is 70.8 Å². The van der Waals surface area contributed by atoms with Gasteiger partial charge in [0.05, 0.1) is 20.3 Å². The molecule has 0 saturated heterocycles. The summed E-state index contributed by atoms with van der Waals surface area (Å²) in [6, 6.07) is 15.8. The van der Waals surface area contributed by atoms with E-state index in [2.05, 4.69) is 12.2 Å². The minimum absolute atomic E-state index is 0.516. The molecule has 0 spiro atoms. The van der Waals surface area contributed by atoms with Crippen molar-refractivity contribution in [2.24, 2.45) is 0 Å². The standard InChI is InChI=1S/C22H24O3/c1-24-20-10-6-16(7-11-20)14-18-4-3-5-19(22(18)23)15-17-8-12-21(25-2)13-9-17/h6-15,22-23H,3-5H2,1-2H3/b18-14-,19-15-. The molecule has 1 saturated carbocycles. The van der Waals surface area contributed by atoms with Crippen LogP contribution in [0.4, 0.5) is 0 Å². The molecule has 1 N–H and O–H groups in total. The van der Waals surface area contributed by atoms with Crippen molar-refractivity contribution in [1.82, 2.24) is 0 Å². The van der Waals surface area contributed by atoms with Crippen LogP contribution in [0.25, 0.3) is 12.2 Å². The molecule has 1 fully saturated rings. The van der Waals surface area contributed by atoms with Crippen LogP contribution in [-0.2, 0) is 0 Å². The summed E-state index contributed by atoms with van der Waals surface area (Å²) in [7, 11) is 3.32. The van der Waals surface area contributed by atoms with Gasteiger partial charge in [0.15, 0.2) is 0 Å². The van der Waals surface area contributed by atoms with Gasteiger partial charge < -0.3 is 14.6 Å². The van der Waals surface area contributed by atoms with Gasteiger partial charge in [-0.25, -0.2) is 0 Å². The minimum Gasteiger partial charge on any atom is -0.497 e. The van der Waals surface area contributed by atoms with E-state index < -0.39 is 6.10 Å². The summed E-state index contributed by atoms with van der Waals surface area (Å²) in [5, 5.41) is 10.8. The molecule has 0 heterocycles. The van der Waals surface area contributed by atoms with Crippen LogP contribution in [0.15, 0.2) is 59.7 Å². The second kappa shape index (κ2) is 8.04. The largest absolute Gasteiger partial charge is 0.497 e. The van der Waals surface area contributed by atoms with Crippen LogP contribution in [0.2, 0.25) is 0 Å². The van der Waals surface area contributed by atoms with E-state index in [0.29, 0.717) is 0 Å². The molecule has 0 aromatic heterocycles. The highest BCUT2D eigenvalue weighted by molar-refractivity contribution is 5.61. The molecule has 0 radical (unpaired) electrons. The summed E-state index contributed by atoms with van der Waals surface area (Å²) in [5.74, 6) is 1.68. The van der Waals surface area contributed by atoms with Crippen molar-refractivity contribution in [3.63, 3.8) is 0 Å². The van der Waals surface area contributed by atoms with Gasteiger partial charge in [-0.2, -0.15) is 0 Å². The van der Waals surface area contributed by atoms with Gasteiger partial charge in [0, 0.05) is 0 Å². The van der Waals surface area contributed by atoms with E-state index >= 15 is 0 Å². The predicted molar refractivity (Wildman–Crippen MR) is 102 cm³/mol. The van der Waals surface area contributed by atoms with Crippen LogP contribution in [0.5, 0.6) is 11.5 Å². The molecule has 0 unspecified atom stereocenters. The van der Waals surface area contributed by atoms with Crippen molar-refractivity contribution in [3.8, 4) is 11.5 Å². The van der Waals surface area contributed by atoms with Crippen LogP contribution in [0.3, 0.4) is 0 Å². The van der Waals surface area contributed by atoms with Crippen molar-refractivity contribution < 1.29 is 14.6 Å². The SMILES string of the molecule is COc1ccc(/C=C2/CCC/C(=C/c3ccc(OC)cc3)C2O)cc1. The Morgan fingerprint density at radius 3 is 1.52 bits per heavy atom. The average molecular weight is 336 g/mol. The number of hydrogen-bond donors (Lipinski definition) is 1. The van der Waals surface area contributed by atoms with Gasteiger partial charge in [-0.05, 0) is 65.8 Å². The van der Waals surface area contributed by atoms with E-state index in [0.717, 1.165) is 53.0 Å². The summed E-state index contributed by atoms with van der Waals surface area (Å²) in [6.45, 7) is 0. The van der Waals surface area contributed by atoms with Gasteiger partial charge >= 0.3 is 0 Å². The second-order valence-corrected chi connectivity index (χ2v) is 6.24. The number of aliphatic hydroxyl groups is 1. The molecule has 1 aliphatic carbocycles. The molecule has 0 atom stereocenters. The quantitative estimate of drug-likeness (QED) is 0.878. The Balaban J connectivity index is 1.80. The zero-order chi connectivity index (χ0) is 17.6. The lowest BCUT2D eigenvalue weighted by Gasteiger charge is -2.24. The maximum atomic E-state index is 10.8. The summed E-state index contributed by atoms with van der Waals surface area (Å²) >= 11 is 0. The number of aliphatic hydroxyl groups excluding tert-OH is 1. The Labute approximate surface area is 149 Å². The van der Waals surface area contributed by atoms with E-state index in [1.807, 2.05) is 48.5 Å². The van der Waals surface area contributed by atoms with Gasteiger partial charge in [-0.1, -0.05) is 36.4 Å². The number of rotatable bonds is 4. The van der Waals surface area contributed by atoms with Gasteiger partial charge in [0.25, 0.3) is 0 Å². The van der Waals surface area contributed by atoms with Crippen molar-refractivity contribution in [1.29, 1.82) is 0 Å². The van der Waals surface area contributed by atoms with Crippen molar-refractivity contribution in [2.45, 2.75) is 25.4 Å². The third-order valence-electron chi connectivity index (χ3n) is 4.57. The molecule has 0 aliphatic heterocycles. The molecule has 2 aromatic rings. The predicted octanol–water partition coefficient (Wildman–Crippen LogP) is 4.72. The fourth-order valence-electron chi connectivity index (χ4n) is 3.14. The Bertz CT molecular complexity index is 689. The third-order valence-corrected chi connectivity index (χ3v) is 4.57. The first kappa shape index (κ1) is 17.3. The van der Waals surface area contributed by atoms with E-state index in [1.165, 1.54) is 0 Å². The molecule has 1 aliphatic rings. The lowest BCUT2D eigenvalue weighted by Crippen LogP contribution is -2.18. The van der Waals surface area contributed by atoms with E-state index in [4.69, 9.17) is 9.47 Å². The Morgan fingerprint density at radius 2 is 1.16 bits per heavy atom. The highest BCUT2D eigenvalue weighted by Crippen LogP contribution is 2.31. The van der Waals surface area contributed by atoms with Gasteiger partial charge in [0.2, 0.25) is 0 Å². The van der Waals surface area contributed by atoms with Crippen molar-refractivity contribution in [2.75, 3.05) is 14.2 Å². The number of methoxy groups -OCH3 is 2. The van der Waals surface area contributed by atoms with Crippen LogP contribution in [0.1, 0.15) is 30.4 Å². The second-order valence-electron chi connectivity index (χ2n) is 6.24. The zero-order valence-electron chi connectivity index (χ0n) is 14.7. The molecular formula is C22H24O3. The third kappa shape index (κ3) is 4.31. The maximum Gasteiger partial charge on any atom is 0.118 e. The number of ether oxygens (including phenoxy) is 2. The summed E-state index contributed by atoms with van der Waals surface area (Å²) in [5.41, 5.74) is 4.30. The molecule has 25 heavy (non-hydrogen) atoms. The fraction of sp³-hybridized carbons (Fsp3) is 0.273.